The van der Waals surface area contributed by atoms with Gasteiger partial charge in [0, 0.05) is 12.1 Å². The molecule has 4 rings (SSSR count). The van der Waals surface area contributed by atoms with Gasteiger partial charge < -0.3 is 23.8 Å². The molecule has 34 heavy (non-hydrogen) atoms. The molecule has 0 N–H and O–H groups in total. The van der Waals surface area contributed by atoms with Crippen LogP contribution >= 0.6 is 0 Å². The van der Waals surface area contributed by atoms with Gasteiger partial charge in [0.25, 0.3) is 5.91 Å². The molecule has 6 nitrogen and oxygen atoms in total. The second-order valence-corrected chi connectivity index (χ2v) is 8.21. The van der Waals surface area contributed by atoms with Crippen molar-refractivity contribution in [1.82, 2.24) is 4.90 Å². The topological polar surface area (TPSA) is 57.2 Å². The van der Waals surface area contributed by atoms with Crippen LogP contribution in [0.15, 0.2) is 60.7 Å². The Labute approximate surface area is 201 Å². The van der Waals surface area contributed by atoms with E-state index in [1.165, 1.54) is 5.56 Å². The highest BCUT2D eigenvalue weighted by Gasteiger charge is 2.33. The molecule has 178 valence electrons. The van der Waals surface area contributed by atoms with Gasteiger partial charge in [0.15, 0.2) is 11.5 Å². The van der Waals surface area contributed by atoms with Gasteiger partial charge in [-0.1, -0.05) is 25.1 Å². The lowest BCUT2D eigenvalue weighted by Gasteiger charge is -2.37. The minimum atomic E-state index is -0.284. The smallest absolute Gasteiger partial charge is 0.254 e. The molecule has 0 unspecified atom stereocenters. The second-order valence-electron chi connectivity index (χ2n) is 8.21. The largest absolute Gasteiger partial charge is 0.497 e. The van der Waals surface area contributed by atoms with Gasteiger partial charge in [-0.3, -0.25) is 4.79 Å². The Morgan fingerprint density at radius 1 is 0.912 bits per heavy atom. The molecule has 0 radical (unpaired) electrons. The number of hydrogen-bond donors (Lipinski definition) is 0. The molecule has 1 aliphatic rings. The first kappa shape index (κ1) is 23.5. The second kappa shape index (κ2) is 10.5. The number of aryl methyl sites for hydroxylation is 1. The van der Waals surface area contributed by atoms with E-state index in [1.807, 2.05) is 47.4 Å². The molecule has 0 aromatic heterocycles. The van der Waals surface area contributed by atoms with Crippen molar-refractivity contribution in [2.75, 3.05) is 34.5 Å². The van der Waals surface area contributed by atoms with E-state index in [4.69, 9.17) is 18.9 Å². The molecule has 6 heteroatoms. The molecule has 3 aromatic rings. The molecule has 3 aromatic carbocycles. The van der Waals surface area contributed by atoms with Crippen molar-refractivity contribution in [3.8, 4) is 23.0 Å². The number of benzene rings is 3. The fourth-order valence-corrected chi connectivity index (χ4v) is 4.37. The maximum atomic E-state index is 13.6. The summed E-state index contributed by atoms with van der Waals surface area (Å²) in [4.78, 5) is 15.5. The van der Waals surface area contributed by atoms with Crippen LogP contribution in [-0.2, 0) is 12.8 Å². The zero-order valence-electron chi connectivity index (χ0n) is 20.2. The highest BCUT2D eigenvalue weighted by atomic mass is 16.5. The molecule has 0 spiro atoms. The van der Waals surface area contributed by atoms with Crippen molar-refractivity contribution in [1.29, 1.82) is 0 Å². The molecule has 1 atom stereocenters. The summed E-state index contributed by atoms with van der Waals surface area (Å²) in [5, 5.41) is 0. The summed E-state index contributed by atoms with van der Waals surface area (Å²) in [6.07, 6.45) is 1.69. The average Bonchev–Trinajstić information content (AvgIpc) is 2.90. The summed E-state index contributed by atoms with van der Waals surface area (Å²) in [7, 11) is 4.85. The highest BCUT2D eigenvalue weighted by Crippen LogP contribution is 2.39. The first-order chi connectivity index (χ1) is 16.6. The third kappa shape index (κ3) is 4.81. The van der Waals surface area contributed by atoms with Crippen LogP contribution in [0.1, 0.15) is 40.0 Å². The number of rotatable bonds is 8. The standard InChI is InChI=1S/C28H31NO5/c1-5-19-9-11-22(12-10-19)34-18-25-24-17-27(33-4)26(32-3)16-20(24)13-14-29(25)28(30)21-7-6-8-23(15-21)31-2/h6-12,15-17,25H,5,13-14,18H2,1-4H3/t25-/m0/s1. The SMILES string of the molecule is CCc1ccc(OC[C@H]2c3cc(OC)c(OC)cc3CCN2C(=O)c2cccc(OC)c2)cc1. The summed E-state index contributed by atoms with van der Waals surface area (Å²) >= 11 is 0. The van der Waals surface area contributed by atoms with Crippen LogP contribution in [0.2, 0.25) is 0 Å². The number of amides is 1. The zero-order valence-corrected chi connectivity index (χ0v) is 20.2. The summed E-state index contributed by atoms with van der Waals surface area (Å²) < 4.78 is 22.6. The van der Waals surface area contributed by atoms with Crippen LogP contribution in [0, 0.1) is 0 Å². The zero-order chi connectivity index (χ0) is 24.1. The molecule has 0 bridgehead atoms. The van der Waals surface area contributed by atoms with E-state index in [2.05, 4.69) is 19.1 Å². The van der Waals surface area contributed by atoms with Crippen LogP contribution in [0.5, 0.6) is 23.0 Å². The van der Waals surface area contributed by atoms with E-state index in [0.29, 0.717) is 42.4 Å². The van der Waals surface area contributed by atoms with Crippen LogP contribution in [0.4, 0.5) is 0 Å². The van der Waals surface area contributed by atoms with E-state index < -0.39 is 0 Å². The lowest BCUT2D eigenvalue weighted by Crippen LogP contribution is -2.42. The molecule has 0 fully saturated rings. The maximum Gasteiger partial charge on any atom is 0.254 e. The van der Waals surface area contributed by atoms with Gasteiger partial charge in [0.1, 0.15) is 18.1 Å². The molecule has 1 amide bonds. The summed E-state index contributed by atoms with van der Waals surface area (Å²) in [5.41, 5.74) is 3.97. The lowest BCUT2D eigenvalue weighted by atomic mass is 9.91. The third-order valence-corrected chi connectivity index (χ3v) is 6.32. The number of methoxy groups -OCH3 is 3. The van der Waals surface area contributed by atoms with E-state index >= 15 is 0 Å². The molecular formula is C28H31NO5. The molecule has 1 heterocycles. The normalized spacial score (nSPS) is 14.8. The minimum Gasteiger partial charge on any atom is -0.497 e. The van der Waals surface area contributed by atoms with E-state index in [1.54, 1.807) is 27.4 Å². The van der Waals surface area contributed by atoms with Crippen molar-refractivity contribution in [2.45, 2.75) is 25.8 Å². The van der Waals surface area contributed by atoms with Crippen LogP contribution < -0.4 is 18.9 Å². The van der Waals surface area contributed by atoms with Gasteiger partial charge in [-0.15, -0.1) is 0 Å². The quantitative estimate of drug-likeness (QED) is 0.468. The summed E-state index contributed by atoms with van der Waals surface area (Å²) in [6, 6.07) is 19.0. The summed E-state index contributed by atoms with van der Waals surface area (Å²) in [5.74, 6) is 2.68. The molecule has 0 saturated carbocycles. The van der Waals surface area contributed by atoms with E-state index in [9.17, 15) is 4.79 Å². The molecule has 1 aliphatic heterocycles. The van der Waals surface area contributed by atoms with Gasteiger partial charge in [0.2, 0.25) is 0 Å². The first-order valence-electron chi connectivity index (χ1n) is 11.5. The Bertz CT molecular complexity index is 1140. The van der Waals surface area contributed by atoms with E-state index in [0.717, 1.165) is 23.3 Å². The Kier molecular flexibility index (Phi) is 7.26. The number of carbonyl (C=O) groups excluding carboxylic acids is 1. The number of hydrogen-bond acceptors (Lipinski definition) is 5. The predicted molar refractivity (Wildman–Crippen MR) is 131 cm³/mol. The maximum absolute atomic E-state index is 13.6. The Balaban J connectivity index is 1.69. The van der Waals surface area contributed by atoms with E-state index in [-0.39, 0.29) is 11.9 Å². The minimum absolute atomic E-state index is 0.0609. The van der Waals surface area contributed by atoms with Gasteiger partial charge >= 0.3 is 0 Å². The van der Waals surface area contributed by atoms with Gasteiger partial charge in [-0.05, 0) is 72.0 Å². The Morgan fingerprint density at radius 2 is 1.65 bits per heavy atom. The van der Waals surface area contributed by atoms with Crippen LogP contribution in [0.3, 0.4) is 0 Å². The molecule has 0 saturated heterocycles. The monoisotopic (exact) mass is 461 g/mol. The third-order valence-electron chi connectivity index (χ3n) is 6.32. The number of fused-ring (bicyclic) bond motifs is 1. The van der Waals surface area contributed by atoms with Gasteiger partial charge in [-0.25, -0.2) is 0 Å². The molecular weight excluding hydrogens is 430 g/mol. The van der Waals surface area contributed by atoms with Crippen molar-refractivity contribution in [3.05, 3.63) is 82.9 Å². The average molecular weight is 462 g/mol. The lowest BCUT2D eigenvalue weighted by molar-refractivity contribution is 0.0589. The van der Waals surface area contributed by atoms with Crippen molar-refractivity contribution in [2.24, 2.45) is 0 Å². The van der Waals surface area contributed by atoms with Crippen molar-refractivity contribution in [3.63, 3.8) is 0 Å². The summed E-state index contributed by atoms with van der Waals surface area (Å²) in [6.45, 7) is 3.02. The highest BCUT2D eigenvalue weighted by molar-refractivity contribution is 5.95. The predicted octanol–water partition coefficient (Wildman–Crippen LogP) is 5.09. The Hall–Kier alpha value is -3.67. The fraction of sp³-hybridized carbons (Fsp3) is 0.321. The van der Waals surface area contributed by atoms with Crippen LogP contribution in [0.25, 0.3) is 0 Å². The number of ether oxygens (including phenoxy) is 4. The van der Waals surface area contributed by atoms with Gasteiger partial charge in [-0.2, -0.15) is 0 Å². The van der Waals surface area contributed by atoms with Gasteiger partial charge in [0.05, 0.1) is 27.4 Å². The van der Waals surface area contributed by atoms with Crippen LogP contribution in [-0.4, -0.2) is 45.3 Å². The Morgan fingerprint density at radius 3 is 2.32 bits per heavy atom. The first-order valence-corrected chi connectivity index (χ1v) is 11.5. The fourth-order valence-electron chi connectivity index (χ4n) is 4.37. The number of nitrogens with zero attached hydrogens (tertiary/aromatic N) is 1. The van der Waals surface area contributed by atoms with Crippen molar-refractivity contribution >= 4 is 5.91 Å². The van der Waals surface area contributed by atoms with Crippen molar-refractivity contribution < 1.29 is 23.7 Å². The molecule has 0 aliphatic carbocycles. The number of carbonyl (C=O) groups is 1.